The van der Waals surface area contributed by atoms with Gasteiger partial charge in [0.25, 0.3) is 0 Å². The molecule has 0 spiro atoms. The predicted octanol–water partition coefficient (Wildman–Crippen LogP) is 5.21. The predicted molar refractivity (Wildman–Crippen MR) is 80.0 cm³/mol. The summed E-state index contributed by atoms with van der Waals surface area (Å²) in [4.78, 5) is -0.147. The third-order valence-corrected chi connectivity index (χ3v) is 5.29. The molecule has 0 amide bonds. The van der Waals surface area contributed by atoms with Crippen molar-refractivity contribution in [1.82, 2.24) is 0 Å². The van der Waals surface area contributed by atoms with E-state index in [0.717, 1.165) is 25.3 Å². The van der Waals surface area contributed by atoms with Crippen LogP contribution in [0.1, 0.15) is 27.9 Å². The Kier molecular flexibility index (Phi) is 3.88. The van der Waals surface area contributed by atoms with Gasteiger partial charge in [0.15, 0.2) is 0 Å². The molecule has 0 fully saturated rings. The fourth-order valence-electron chi connectivity index (χ4n) is 2.96. The molecule has 0 nitrogen and oxygen atoms in total. The number of alkyl halides is 1. The molecule has 3 rings (SSSR count). The van der Waals surface area contributed by atoms with Crippen LogP contribution in [0.15, 0.2) is 42.5 Å². The molecule has 0 heterocycles. The molecule has 104 valence electrons. The zero-order valence-corrected chi connectivity index (χ0v) is 12.5. The summed E-state index contributed by atoms with van der Waals surface area (Å²) < 4.78 is 27.2. The van der Waals surface area contributed by atoms with Crippen molar-refractivity contribution in [3.63, 3.8) is 0 Å². The lowest BCUT2D eigenvalue weighted by Gasteiger charge is -2.28. The minimum absolute atomic E-state index is 0.147. The number of hydrogen-bond acceptors (Lipinski definition) is 0. The summed E-state index contributed by atoms with van der Waals surface area (Å²) in [7, 11) is 0. The van der Waals surface area contributed by atoms with E-state index in [4.69, 9.17) is 0 Å². The van der Waals surface area contributed by atoms with Crippen LogP contribution in [0, 0.1) is 17.6 Å². The Balaban J connectivity index is 1.85. The maximum Gasteiger partial charge on any atom is 0.127 e. The maximum absolute atomic E-state index is 13.9. The van der Waals surface area contributed by atoms with Gasteiger partial charge in [-0.1, -0.05) is 40.2 Å². The number of aryl methyl sites for hydroxylation is 1. The molecule has 0 saturated carbocycles. The van der Waals surface area contributed by atoms with E-state index in [1.54, 1.807) is 0 Å². The van der Waals surface area contributed by atoms with Gasteiger partial charge in [-0.25, -0.2) is 8.78 Å². The van der Waals surface area contributed by atoms with Crippen molar-refractivity contribution in [1.29, 1.82) is 0 Å². The molecule has 0 aromatic heterocycles. The number of hydrogen-bond donors (Lipinski definition) is 0. The van der Waals surface area contributed by atoms with E-state index >= 15 is 0 Å². The van der Waals surface area contributed by atoms with Gasteiger partial charge < -0.3 is 0 Å². The van der Waals surface area contributed by atoms with Crippen LogP contribution in [0.3, 0.4) is 0 Å². The quantitative estimate of drug-likeness (QED) is 0.660. The Labute approximate surface area is 126 Å². The minimum Gasteiger partial charge on any atom is -0.207 e. The molecule has 2 aromatic rings. The first kappa shape index (κ1) is 13.7. The number of fused-ring (bicyclic) bond motifs is 1. The largest absolute Gasteiger partial charge is 0.207 e. The molecule has 2 atom stereocenters. The highest BCUT2D eigenvalue weighted by atomic mass is 79.9. The molecular formula is C17H15BrF2. The molecule has 20 heavy (non-hydrogen) atoms. The zero-order valence-electron chi connectivity index (χ0n) is 11.0. The highest BCUT2D eigenvalue weighted by Crippen LogP contribution is 2.40. The van der Waals surface area contributed by atoms with E-state index < -0.39 is 0 Å². The maximum atomic E-state index is 13.9. The van der Waals surface area contributed by atoms with Gasteiger partial charge >= 0.3 is 0 Å². The van der Waals surface area contributed by atoms with Gasteiger partial charge in [-0.15, -0.1) is 0 Å². The van der Waals surface area contributed by atoms with Gasteiger partial charge in [0.1, 0.15) is 11.6 Å². The molecule has 0 aliphatic heterocycles. The van der Waals surface area contributed by atoms with Gasteiger partial charge in [-0.2, -0.15) is 0 Å². The summed E-state index contributed by atoms with van der Waals surface area (Å²) in [5.41, 5.74) is 3.13. The van der Waals surface area contributed by atoms with E-state index in [1.165, 1.54) is 23.3 Å². The second kappa shape index (κ2) is 5.65. The summed E-state index contributed by atoms with van der Waals surface area (Å²) in [5.74, 6) is -0.435. The fourth-order valence-corrected chi connectivity index (χ4v) is 3.76. The Morgan fingerprint density at radius 1 is 1.05 bits per heavy atom. The molecule has 0 N–H and O–H groups in total. The van der Waals surface area contributed by atoms with Crippen molar-refractivity contribution in [2.24, 2.45) is 5.92 Å². The van der Waals surface area contributed by atoms with Crippen LogP contribution < -0.4 is 0 Å². The van der Waals surface area contributed by atoms with Crippen LogP contribution in [0.4, 0.5) is 8.78 Å². The molecule has 3 heteroatoms. The smallest absolute Gasteiger partial charge is 0.127 e. The lowest BCUT2D eigenvalue weighted by Crippen LogP contribution is -2.19. The Morgan fingerprint density at radius 2 is 1.80 bits per heavy atom. The number of rotatable bonds is 2. The van der Waals surface area contributed by atoms with E-state index in [2.05, 4.69) is 34.1 Å². The highest BCUT2D eigenvalue weighted by molar-refractivity contribution is 9.09. The van der Waals surface area contributed by atoms with Gasteiger partial charge in [-0.05, 0) is 54.5 Å². The summed E-state index contributed by atoms with van der Waals surface area (Å²) in [6, 6.07) is 12.0. The van der Waals surface area contributed by atoms with Crippen LogP contribution in [0.5, 0.6) is 0 Å². The third-order valence-electron chi connectivity index (χ3n) is 4.05. The van der Waals surface area contributed by atoms with Crippen molar-refractivity contribution >= 4 is 15.9 Å². The van der Waals surface area contributed by atoms with E-state index in [9.17, 15) is 8.78 Å². The molecule has 2 aromatic carbocycles. The van der Waals surface area contributed by atoms with Gasteiger partial charge in [0, 0.05) is 10.4 Å². The SMILES string of the molecule is Fc1ccc(F)c(C(Br)C2CCc3ccccc3C2)c1. The first-order chi connectivity index (χ1) is 9.65. The topological polar surface area (TPSA) is 0 Å². The van der Waals surface area contributed by atoms with Crippen LogP contribution in [0.2, 0.25) is 0 Å². The standard InChI is InChI=1S/C17H15BrF2/c18-17(15-10-14(19)7-8-16(15)20)13-6-5-11-3-1-2-4-12(11)9-13/h1-4,7-8,10,13,17H,5-6,9H2. The number of halogens is 3. The molecule has 0 saturated heterocycles. The minimum atomic E-state index is -0.387. The molecule has 0 radical (unpaired) electrons. The first-order valence-electron chi connectivity index (χ1n) is 6.81. The van der Waals surface area contributed by atoms with Crippen molar-refractivity contribution in [3.8, 4) is 0 Å². The summed E-state index contributed by atoms with van der Waals surface area (Å²) in [6.45, 7) is 0. The Bertz CT molecular complexity index is 624. The molecule has 1 aliphatic carbocycles. The normalized spacial score (nSPS) is 19.4. The zero-order chi connectivity index (χ0) is 14.1. The monoisotopic (exact) mass is 336 g/mol. The second-order valence-corrected chi connectivity index (χ2v) is 6.33. The number of benzene rings is 2. The molecule has 0 bridgehead atoms. The average Bonchev–Trinajstić information content (AvgIpc) is 2.48. The fraction of sp³-hybridized carbons (Fsp3) is 0.294. The van der Waals surface area contributed by atoms with Crippen LogP contribution in [-0.4, -0.2) is 0 Å². The van der Waals surface area contributed by atoms with Gasteiger partial charge in [0.05, 0.1) is 0 Å². The highest BCUT2D eigenvalue weighted by Gasteiger charge is 2.27. The van der Waals surface area contributed by atoms with Gasteiger partial charge in [0.2, 0.25) is 0 Å². The van der Waals surface area contributed by atoms with Crippen molar-refractivity contribution in [2.45, 2.75) is 24.1 Å². The lowest BCUT2D eigenvalue weighted by molar-refractivity contribution is 0.441. The lowest BCUT2D eigenvalue weighted by atomic mass is 9.81. The van der Waals surface area contributed by atoms with Gasteiger partial charge in [-0.3, -0.25) is 0 Å². The van der Waals surface area contributed by atoms with Crippen LogP contribution in [0.25, 0.3) is 0 Å². The third kappa shape index (κ3) is 2.64. The first-order valence-corrected chi connectivity index (χ1v) is 7.72. The van der Waals surface area contributed by atoms with Crippen LogP contribution in [-0.2, 0) is 12.8 Å². The molecular weight excluding hydrogens is 322 g/mol. The average molecular weight is 337 g/mol. The van der Waals surface area contributed by atoms with Crippen molar-refractivity contribution < 1.29 is 8.78 Å². The summed E-state index contributed by atoms with van der Waals surface area (Å²) >= 11 is 3.58. The van der Waals surface area contributed by atoms with Crippen LogP contribution >= 0.6 is 15.9 Å². The molecule has 2 unspecified atom stereocenters. The second-order valence-electron chi connectivity index (χ2n) is 5.34. The summed E-state index contributed by atoms with van der Waals surface area (Å²) in [5, 5.41) is 0. The van der Waals surface area contributed by atoms with E-state index in [1.807, 2.05) is 6.07 Å². The Morgan fingerprint density at radius 3 is 2.60 bits per heavy atom. The Hall–Kier alpha value is -1.22. The molecule has 1 aliphatic rings. The van der Waals surface area contributed by atoms with E-state index in [-0.39, 0.29) is 16.5 Å². The van der Waals surface area contributed by atoms with Crippen molar-refractivity contribution in [2.75, 3.05) is 0 Å². The summed E-state index contributed by atoms with van der Waals surface area (Å²) in [6.07, 6.45) is 2.89. The van der Waals surface area contributed by atoms with E-state index in [0.29, 0.717) is 11.5 Å². The van der Waals surface area contributed by atoms with Crippen molar-refractivity contribution in [3.05, 3.63) is 70.8 Å².